The first kappa shape index (κ1) is 17.5. The molecule has 0 aliphatic carbocycles. The number of amides is 2. The quantitative estimate of drug-likeness (QED) is 0.722. The third-order valence-electron chi connectivity index (χ3n) is 3.26. The zero-order chi connectivity index (χ0) is 16.8. The largest absolute Gasteiger partial charge is 0.386 e. The molecular formula is C16H17ClN2O3S. The molecule has 2 amide bonds. The van der Waals surface area contributed by atoms with E-state index in [0.717, 1.165) is 16.0 Å². The molecule has 2 aromatic rings. The molecule has 2 rings (SSSR count). The van der Waals surface area contributed by atoms with Crippen LogP contribution in [-0.2, 0) is 16.1 Å². The van der Waals surface area contributed by atoms with Gasteiger partial charge in [0.15, 0.2) is 0 Å². The van der Waals surface area contributed by atoms with Gasteiger partial charge < -0.3 is 15.7 Å². The third kappa shape index (κ3) is 4.79. The van der Waals surface area contributed by atoms with Crippen LogP contribution in [0.2, 0.25) is 5.02 Å². The van der Waals surface area contributed by atoms with Crippen LogP contribution in [0.5, 0.6) is 0 Å². The van der Waals surface area contributed by atoms with Crippen LogP contribution in [-0.4, -0.2) is 23.5 Å². The number of nitrogens with one attached hydrogen (secondary N) is 2. The number of rotatable bonds is 5. The fraction of sp³-hybridized carbons (Fsp3) is 0.250. The molecule has 0 fully saturated rings. The molecule has 1 unspecified atom stereocenters. The number of aliphatic hydroxyl groups excluding tert-OH is 1. The lowest BCUT2D eigenvalue weighted by Gasteiger charge is -2.12. The fourth-order valence-electron chi connectivity index (χ4n) is 1.99. The summed E-state index contributed by atoms with van der Waals surface area (Å²) in [6.07, 6.45) is -0.824. The zero-order valence-electron chi connectivity index (χ0n) is 12.5. The lowest BCUT2D eigenvalue weighted by atomic mass is 10.2. The molecule has 1 aromatic carbocycles. The molecule has 0 saturated heterocycles. The Morgan fingerprint density at radius 2 is 1.91 bits per heavy atom. The lowest BCUT2D eigenvalue weighted by molar-refractivity contribution is -0.139. The molecule has 122 valence electrons. The van der Waals surface area contributed by atoms with Gasteiger partial charge >= 0.3 is 11.8 Å². The molecule has 5 nitrogen and oxygen atoms in total. The van der Waals surface area contributed by atoms with Crippen molar-refractivity contribution in [2.24, 2.45) is 0 Å². The number of carbonyl (C=O) groups is 2. The van der Waals surface area contributed by atoms with Gasteiger partial charge in [-0.25, -0.2) is 0 Å². The Kier molecular flexibility index (Phi) is 6.15. The summed E-state index contributed by atoms with van der Waals surface area (Å²) >= 11 is 7.39. The molecule has 23 heavy (non-hydrogen) atoms. The van der Waals surface area contributed by atoms with Crippen molar-refractivity contribution in [1.82, 2.24) is 10.6 Å². The van der Waals surface area contributed by atoms with E-state index in [4.69, 9.17) is 11.6 Å². The van der Waals surface area contributed by atoms with Gasteiger partial charge in [-0.3, -0.25) is 9.59 Å². The van der Waals surface area contributed by atoms with Crippen LogP contribution >= 0.6 is 22.9 Å². The molecule has 1 aromatic heterocycles. The van der Waals surface area contributed by atoms with Gasteiger partial charge in [-0.05, 0) is 35.6 Å². The molecule has 1 atom stereocenters. The Balaban J connectivity index is 1.80. The zero-order valence-corrected chi connectivity index (χ0v) is 14.1. The van der Waals surface area contributed by atoms with Gasteiger partial charge in [0.05, 0.1) is 0 Å². The summed E-state index contributed by atoms with van der Waals surface area (Å²) in [5.74, 6) is -1.55. The summed E-state index contributed by atoms with van der Waals surface area (Å²) < 4.78 is 0. The number of aryl methyl sites for hydroxylation is 1. The molecule has 0 spiro atoms. The van der Waals surface area contributed by atoms with Crippen LogP contribution in [0.3, 0.4) is 0 Å². The molecule has 0 bridgehead atoms. The number of benzene rings is 1. The second kappa shape index (κ2) is 8.10. The van der Waals surface area contributed by atoms with E-state index in [1.807, 2.05) is 18.4 Å². The average Bonchev–Trinajstić information content (AvgIpc) is 2.97. The Hall–Kier alpha value is -1.89. The molecule has 0 aliphatic rings. The predicted molar refractivity (Wildman–Crippen MR) is 90.3 cm³/mol. The molecule has 0 saturated carbocycles. The van der Waals surface area contributed by atoms with Gasteiger partial charge in [0, 0.05) is 23.0 Å². The summed E-state index contributed by atoms with van der Waals surface area (Å²) in [7, 11) is 0. The average molecular weight is 353 g/mol. The van der Waals surface area contributed by atoms with E-state index in [0.29, 0.717) is 5.02 Å². The van der Waals surface area contributed by atoms with Crippen molar-refractivity contribution in [2.75, 3.05) is 6.54 Å². The van der Waals surface area contributed by atoms with E-state index in [2.05, 4.69) is 10.6 Å². The third-order valence-corrected chi connectivity index (χ3v) is 4.75. The highest BCUT2D eigenvalue weighted by Crippen LogP contribution is 2.23. The highest BCUT2D eigenvalue weighted by molar-refractivity contribution is 7.10. The van der Waals surface area contributed by atoms with E-state index in [9.17, 15) is 14.7 Å². The molecule has 7 heteroatoms. The van der Waals surface area contributed by atoms with Gasteiger partial charge in [-0.2, -0.15) is 0 Å². The number of carbonyl (C=O) groups excluding carboxylic acids is 2. The van der Waals surface area contributed by atoms with Gasteiger partial charge in [0.1, 0.15) is 6.10 Å². The summed E-state index contributed by atoms with van der Waals surface area (Å²) in [5.41, 5.74) is 1.68. The number of hydrogen-bond donors (Lipinski definition) is 3. The maximum atomic E-state index is 11.7. The van der Waals surface area contributed by atoms with Crippen LogP contribution in [0.15, 0.2) is 35.7 Å². The number of halogens is 1. The minimum atomic E-state index is -0.824. The van der Waals surface area contributed by atoms with Crippen molar-refractivity contribution in [3.05, 3.63) is 56.7 Å². The monoisotopic (exact) mass is 352 g/mol. The first-order valence-corrected chi connectivity index (χ1v) is 8.26. The van der Waals surface area contributed by atoms with Crippen molar-refractivity contribution in [3.63, 3.8) is 0 Å². The minimum absolute atomic E-state index is 0.0142. The highest BCUT2D eigenvalue weighted by atomic mass is 35.5. The Bertz CT molecular complexity index is 702. The van der Waals surface area contributed by atoms with E-state index in [1.54, 1.807) is 24.3 Å². The van der Waals surface area contributed by atoms with Crippen LogP contribution in [0, 0.1) is 6.92 Å². The Labute approximate surface area is 143 Å². The standard InChI is InChI=1S/C16H17ClN2O3S/c1-10-6-7-23-14(10)13(20)9-19-16(22)15(21)18-8-11-4-2-3-5-12(11)17/h2-7,13,20H,8-9H2,1H3,(H,18,21)(H,19,22). The van der Waals surface area contributed by atoms with Gasteiger partial charge in [-0.15, -0.1) is 11.3 Å². The second-order valence-electron chi connectivity index (χ2n) is 4.97. The van der Waals surface area contributed by atoms with Crippen LogP contribution < -0.4 is 10.6 Å². The van der Waals surface area contributed by atoms with Crippen molar-refractivity contribution in [2.45, 2.75) is 19.6 Å². The van der Waals surface area contributed by atoms with Crippen molar-refractivity contribution >= 4 is 34.8 Å². The molecule has 3 N–H and O–H groups in total. The van der Waals surface area contributed by atoms with Gasteiger partial charge in [0.2, 0.25) is 0 Å². The highest BCUT2D eigenvalue weighted by Gasteiger charge is 2.17. The smallest absolute Gasteiger partial charge is 0.309 e. The first-order valence-electron chi connectivity index (χ1n) is 7.00. The normalized spacial score (nSPS) is 11.8. The Morgan fingerprint density at radius 1 is 1.22 bits per heavy atom. The fourth-order valence-corrected chi connectivity index (χ4v) is 3.10. The predicted octanol–water partition coefficient (Wildman–Crippen LogP) is 2.18. The number of hydrogen-bond acceptors (Lipinski definition) is 4. The SMILES string of the molecule is Cc1ccsc1C(O)CNC(=O)C(=O)NCc1ccccc1Cl. The first-order chi connectivity index (χ1) is 11.0. The topological polar surface area (TPSA) is 78.4 Å². The maximum absolute atomic E-state index is 11.7. The van der Waals surface area contributed by atoms with Gasteiger partial charge in [-0.1, -0.05) is 29.8 Å². The molecular weight excluding hydrogens is 336 g/mol. The van der Waals surface area contributed by atoms with Crippen molar-refractivity contribution in [1.29, 1.82) is 0 Å². The minimum Gasteiger partial charge on any atom is -0.386 e. The summed E-state index contributed by atoms with van der Waals surface area (Å²) in [6, 6.07) is 8.95. The second-order valence-corrected chi connectivity index (χ2v) is 6.32. The van der Waals surface area contributed by atoms with Crippen molar-refractivity contribution in [3.8, 4) is 0 Å². The number of aliphatic hydroxyl groups is 1. The Morgan fingerprint density at radius 3 is 2.57 bits per heavy atom. The van der Waals surface area contributed by atoms with E-state index in [1.165, 1.54) is 11.3 Å². The van der Waals surface area contributed by atoms with Crippen LogP contribution in [0.1, 0.15) is 22.1 Å². The molecule has 0 radical (unpaired) electrons. The maximum Gasteiger partial charge on any atom is 0.309 e. The molecule has 1 heterocycles. The summed E-state index contributed by atoms with van der Waals surface area (Å²) in [5, 5.41) is 17.3. The van der Waals surface area contributed by atoms with Gasteiger partial charge in [0.25, 0.3) is 0 Å². The molecule has 0 aliphatic heterocycles. The van der Waals surface area contributed by atoms with E-state index < -0.39 is 17.9 Å². The lowest BCUT2D eigenvalue weighted by Crippen LogP contribution is -2.41. The summed E-state index contributed by atoms with van der Waals surface area (Å²) in [6.45, 7) is 2.03. The summed E-state index contributed by atoms with van der Waals surface area (Å²) in [4.78, 5) is 24.3. The van der Waals surface area contributed by atoms with E-state index >= 15 is 0 Å². The number of thiophene rings is 1. The van der Waals surface area contributed by atoms with E-state index in [-0.39, 0.29) is 13.1 Å². The van der Waals surface area contributed by atoms with Crippen LogP contribution in [0.4, 0.5) is 0 Å². The van der Waals surface area contributed by atoms with Crippen LogP contribution in [0.25, 0.3) is 0 Å². The van der Waals surface area contributed by atoms with Crippen molar-refractivity contribution < 1.29 is 14.7 Å².